The van der Waals surface area contributed by atoms with Crippen LogP contribution in [0.5, 0.6) is 0 Å². The van der Waals surface area contributed by atoms with Gasteiger partial charge >= 0.3 is 5.97 Å². The summed E-state index contributed by atoms with van der Waals surface area (Å²) in [6, 6.07) is 2.65. The highest BCUT2D eigenvalue weighted by molar-refractivity contribution is 6.37. The molecule has 4 N–H and O–H groups in total. The van der Waals surface area contributed by atoms with Crippen molar-refractivity contribution in [3.63, 3.8) is 0 Å². The second-order valence-electron chi connectivity index (χ2n) is 4.53. The molecular formula is C13H16Cl2N2O3. The van der Waals surface area contributed by atoms with Crippen molar-refractivity contribution in [2.45, 2.75) is 32.2 Å². The van der Waals surface area contributed by atoms with Crippen LogP contribution in [0.4, 0.5) is 5.69 Å². The number of nitrogens with one attached hydrogen (secondary N) is 1. The van der Waals surface area contributed by atoms with Crippen LogP contribution in [0.1, 0.15) is 36.5 Å². The smallest absolute Gasteiger partial charge is 0.337 e. The lowest BCUT2D eigenvalue weighted by Gasteiger charge is -2.11. The van der Waals surface area contributed by atoms with E-state index in [0.717, 1.165) is 0 Å². The number of halogens is 2. The van der Waals surface area contributed by atoms with Crippen LogP contribution in [-0.4, -0.2) is 23.0 Å². The number of carbonyl (C=O) groups is 2. The molecule has 0 aromatic heterocycles. The van der Waals surface area contributed by atoms with Crippen LogP contribution in [0.25, 0.3) is 0 Å². The molecular weight excluding hydrogens is 303 g/mol. The summed E-state index contributed by atoms with van der Waals surface area (Å²) in [5.74, 6) is -1.52. The molecule has 1 rings (SSSR count). The van der Waals surface area contributed by atoms with E-state index in [0.29, 0.717) is 12.8 Å². The predicted molar refractivity (Wildman–Crippen MR) is 79.6 cm³/mol. The Morgan fingerprint density at radius 2 is 2.05 bits per heavy atom. The van der Waals surface area contributed by atoms with Crippen LogP contribution in [0.15, 0.2) is 12.1 Å². The lowest BCUT2D eigenvalue weighted by Crippen LogP contribution is -2.18. The highest BCUT2D eigenvalue weighted by atomic mass is 35.5. The molecule has 5 nitrogen and oxygen atoms in total. The number of carboxylic acids is 1. The number of benzene rings is 1. The number of hydrogen-bond donors (Lipinski definition) is 3. The minimum atomic E-state index is -1.21. The number of hydrogen-bond acceptors (Lipinski definition) is 3. The van der Waals surface area contributed by atoms with Crippen LogP contribution in [0.2, 0.25) is 10.0 Å². The first-order valence-corrected chi connectivity index (χ1v) is 6.84. The van der Waals surface area contributed by atoms with Crippen LogP contribution in [0.3, 0.4) is 0 Å². The molecule has 1 aromatic carbocycles. The second kappa shape index (κ2) is 7.47. The Kier molecular flexibility index (Phi) is 6.26. The fourth-order valence-electron chi connectivity index (χ4n) is 1.66. The lowest BCUT2D eigenvalue weighted by molar-refractivity contribution is -0.116. The first kappa shape index (κ1) is 16.8. The zero-order valence-electron chi connectivity index (χ0n) is 11.0. The first-order chi connectivity index (χ1) is 9.31. The van der Waals surface area contributed by atoms with Crippen LogP contribution >= 0.6 is 23.2 Å². The molecule has 0 aliphatic carbocycles. The third-order valence-corrected chi connectivity index (χ3v) is 3.13. The fourth-order valence-corrected chi connectivity index (χ4v) is 2.20. The average Bonchev–Trinajstić information content (AvgIpc) is 2.31. The lowest BCUT2D eigenvalue weighted by atomic mass is 10.1. The molecule has 0 aliphatic heterocycles. The summed E-state index contributed by atoms with van der Waals surface area (Å²) in [4.78, 5) is 22.9. The summed E-state index contributed by atoms with van der Waals surface area (Å²) < 4.78 is 0. The summed E-state index contributed by atoms with van der Waals surface area (Å²) in [5, 5.41) is 11.9. The molecule has 1 unspecified atom stereocenters. The maximum atomic E-state index is 11.8. The molecule has 0 radical (unpaired) electrons. The van der Waals surface area contributed by atoms with E-state index >= 15 is 0 Å². The molecule has 7 heteroatoms. The number of amides is 1. The normalized spacial score (nSPS) is 12.0. The average molecular weight is 319 g/mol. The van der Waals surface area contributed by atoms with Gasteiger partial charge in [-0.15, -0.1) is 0 Å². The van der Waals surface area contributed by atoms with E-state index in [2.05, 4.69) is 5.32 Å². The molecule has 0 fully saturated rings. The van der Waals surface area contributed by atoms with E-state index in [1.807, 2.05) is 6.92 Å². The van der Waals surface area contributed by atoms with Gasteiger partial charge in [0, 0.05) is 17.5 Å². The number of carboxylic acid groups (broad SMARTS) is 1. The molecule has 0 bridgehead atoms. The van der Waals surface area contributed by atoms with E-state index in [4.69, 9.17) is 34.0 Å². The van der Waals surface area contributed by atoms with E-state index in [1.54, 1.807) is 0 Å². The largest absolute Gasteiger partial charge is 0.478 e. The molecule has 1 aromatic rings. The van der Waals surface area contributed by atoms with Crippen molar-refractivity contribution in [2.75, 3.05) is 5.32 Å². The molecule has 110 valence electrons. The number of nitrogens with two attached hydrogens (primary N) is 1. The van der Waals surface area contributed by atoms with E-state index in [1.165, 1.54) is 12.1 Å². The standard InChI is InChI=1S/C13H16Cl2N2O3/c1-7(16)3-2-4-11(18)17-12-9(13(19)20)5-8(14)6-10(12)15/h5-7H,2-4,16H2,1H3,(H,17,18)(H,19,20). The van der Waals surface area contributed by atoms with Crippen molar-refractivity contribution in [3.8, 4) is 0 Å². The molecule has 1 atom stereocenters. The second-order valence-corrected chi connectivity index (χ2v) is 5.38. The molecule has 0 spiro atoms. The number of anilines is 1. The Morgan fingerprint density at radius 3 is 2.60 bits per heavy atom. The molecule has 0 saturated heterocycles. The predicted octanol–water partition coefficient (Wildman–Crippen LogP) is 3.15. The third-order valence-electron chi connectivity index (χ3n) is 2.61. The minimum absolute atomic E-state index is 0.0245. The maximum Gasteiger partial charge on any atom is 0.337 e. The van der Waals surface area contributed by atoms with Gasteiger partial charge in [-0.05, 0) is 31.9 Å². The van der Waals surface area contributed by atoms with Crippen LogP contribution < -0.4 is 11.1 Å². The first-order valence-electron chi connectivity index (χ1n) is 6.09. The Hall–Kier alpha value is -1.30. The molecule has 0 aliphatic rings. The van der Waals surface area contributed by atoms with Crippen LogP contribution in [0, 0.1) is 0 Å². The van der Waals surface area contributed by atoms with Gasteiger partial charge in [-0.1, -0.05) is 23.2 Å². The number of carbonyl (C=O) groups excluding carboxylic acids is 1. The van der Waals surface area contributed by atoms with Gasteiger partial charge in [0.2, 0.25) is 5.91 Å². The quantitative estimate of drug-likeness (QED) is 0.751. The van der Waals surface area contributed by atoms with Gasteiger partial charge < -0.3 is 16.2 Å². The monoisotopic (exact) mass is 318 g/mol. The van der Waals surface area contributed by atoms with Gasteiger partial charge in [0.1, 0.15) is 0 Å². The van der Waals surface area contributed by atoms with Crippen molar-refractivity contribution >= 4 is 40.8 Å². The third kappa shape index (κ3) is 5.00. The maximum absolute atomic E-state index is 11.8. The number of aromatic carboxylic acids is 1. The van der Waals surface area contributed by atoms with E-state index < -0.39 is 5.97 Å². The molecule has 0 heterocycles. The zero-order valence-corrected chi connectivity index (χ0v) is 12.5. The summed E-state index contributed by atoms with van der Waals surface area (Å²) in [6.07, 6.45) is 1.59. The SMILES string of the molecule is CC(N)CCCC(=O)Nc1c(Cl)cc(Cl)cc1C(=O)O. The molecule has 0 saturated carbocycles. The Labute approximate surface area is 127 Å². The van der Waals surface area contributed by atoms with Crippen molar-refractivity contribution in [1.82, 2.24) is 0 Å². The summed E-state index contributed by atoms with van der Waals surface area (Å²) in [6.45, 7) is 1.86. The number of rotatable bonds is 6. The molecule has 1 amide bonds. The van der Waals surface area contributed by atoms with Crippen molar-refractivity contribution in [2.24, 2.45) is 5.73 Å². The van der Waals surface area contributed by atoms with Crippen molar-refractivity contribution < 1.29 is 14.7 Å². The highest BCUT2D eigenvalue weighted by Gasteiger charge is 2.17. The van der Waals surface area contributed by atoms with Gasteiger partial charge in [0.15, 0.2) is 0 Å². The molecule has 20 heavy (non-hydrogen) atoms. The summed E-state index contributed by atoms with van der Waals surface area (Å²) >= 11 is 11.7. The van der Waals surface area contributed by atoms with Crippen molar-refractivity contribution in [1.29, 1.82) is 0 Å². The fraction of sp³-hybridized carbons (Fsp3) is 0.385. The Bertz CT molecular complexity index is 519. The van der Waals surface area contributed by atoms with Gasteiger partial charge in [-0.3, -0.25) is 4.79 Å². The zero-order chi connectivity index (χ0) is 15.3. The van der Waals surface area contributed by atoms with Gasteiger partial charge in [-0.25, -0.2) is 4.79 Å². The highest BCUT2D eigenvalue weighted by Crippen LogP contribution is 2.30. The van der Waals surface area contributed by atoms with Gasteiger partial charge in [0.05, 0.1) is 16.3 Å². The summed E-state index contributed by atoms with van der Waals surface area (Å²) in [5.41, 5.74) is 5.52. The van der Waals surface area contributed by atoms with Crippen LogP contribution in [-0.2, 0) is 4.79 Å². The van der Waals surface area contributed by atoms with E-state index in [-0.39, 0.29) is 39.7 Å². The summed E-state index contributed by atoms with van der Waals surface area (Å²) in [7, 11) is 0. The van der Waals surface area contributed by atoms with Gasteiger partial charge in [0.25, 0.3) is 0 Å². The Morgan fingerprint density at radius 1 is 1.40 bits per heavy atom. The van der Waals surface area contributed by atoms with Crippen molar-refractivity contribution in [3.05, 3.63) is 27.7 Å². The van der Waals surface area contributed by atoms with E-state index in [9.17, 15) is 9.59 Å². The van der Waals surface area contributed by atoms with Gasteiger partial charge in [-0.2, -0.15) is 0 Å². The Balaban J connectivity index is 2.81. The topological polar surface area (TPSA) is 92.4 Å². The minimum Gasteiger partial charge on any atom is -0.478 e.